The molecule has 1 aliphatic rings. The van der Waals surface area contributed by atoms with Crippen molar-refractivity contribution < 1.29 is 9.90 Å². The Balaban J connectivity index is 2.66. The second-order valence-corrected chi connectivity index (χ2v) is 5.81. The summed E-state index contributed by atoms with van der Waals surface area (Å²) in [7, 11) is 0. The van der Waals surface area contributed by atoms with Crippen LogP contribution >= 0.6 is 0 Å². The van der Waals surface area contributed by atoms with E-state index >= 15 is 0 Å². The average molecular weight is 227 g/mol. The van der Waals surface area contributed by atoms with E-state index in [4.69, 9.17) is 0 Å². The topological polar surface area (TPSA) is 40.5 Å². The molecular weight excluding hydrogens is 202 g/mol. The predicted octanol–water partition coefficient (Wildman–Crippen LogP) is 2.61. The van der Waals surface area contributed by atoms with Gasteiger partial charge in [0.2, 0.25) is 0 Å². The van der Waals surface area contributed by atoms with Gasteiger partial charge in [-0.05, 0) is 52.1 Å². The zero-order chi connectivity index (χ0) is 12.3. The molecule has 0 atom stereocenters. The third-order valence-electron chi connectivity index (χ3n) is 3.74. The van der Waals surface area contributed by atoms with Crippen LogP contribution in [0.4, 0.5) is 0 Å². The lowest BCUT2D eigenvalue weighted by Crippen LogP contribution is -2.47. The molecule has 0 aliphatic carbocycles. The molecule has 1 N–H and O–H groups in total. The largest absolute Gasteiger partial charge is 0.481 e. The van der Waals surface area contributed by atoms with E-state index in [0.717, 1.165) is 32.4 Å². The van der Waals surface area contributed by atoms with Crippen LogP contribution in [0.1, 0.15) is 47.0 Å². The summed E-state index contributed by atoms with van der Waals surface area (Å²) in [6.07, 6.45) is 2.42. The molecule has 0 aromatic rings. The van der Waals surface area contributed by atoms with E-state index in [1.54, 1.807) is 0 Å². The number of likely N-dealkylation sites (tertiary alicyclic amines) is 1. The van der Waals surface area contributed by atoms with E-state index < -0.39 is 11.4 Å². The van der Waals surface area contributed by atoms with Crippen molar-refractivity contribution in [2.24, 2.45) is 11.3 Å². The molecule has 0 radical (unpaired) electrons. The van der Waals surface area contributed by atoms with E-state index in [0.29, 0.717) is 12.0 Å². The number of hydrogen-bond donors (Lipinski definition) is 1. The quantitative estimate of drug-likeness (QED) is 0.802. The number of carboxylic acids is 1. The van der Waals surface area contributed by atoms with Crippen LogP contribution in [0.15, 0.2) is 0 Å². The van der Waals surface area contributed by atoms with Crippen molar-refractivity contribution in [1.82, 2.24) is 4.90 Å². The Morgan fingerprint density at radius 1 is 1.25 bits per heavy atom. The highest BCUT2D eigenvalue weighted by molar-refractivity contribution is 5.74. The lowest BCUT2D eigenvalue weighted by Gasteiger charge is -2.41. The number of aliphatic carboxylic acids is 1. The first-order chi connectivity index (χ1) is 7.37. The Morgan fingerprint density at radius 2 is 1.75 bits per heavy atom. The maximum absolute atomic E-state index is 11.5. The van der Waals surface area contributed by atoms with E-state index in [1.807, 2.05) is 0 Å². The van der Waals surface area contributed by atoms with Crippen molar-refractivity contribution in [2.75, 3.05) is 13.1 Å². The fourth-order valence-corrected chi connectivity index (χ4v) is 2.76. The summed E-state index contributed by atoms with van der Waals surface area (Å²) in [6, 6.07) is 0.533. The summed E-state index contributed by atoms with van der Waals surface area (Å²) < 4.78 is 0. The summed E-state index contributed by atoms with van der Waals surface area (Å²) in [5.41, 5.74) is -0.459. The second-order valence-electron chi connectivity index (χ2n) is 5.81. The molecule has 0 aromatic heterocycles. The van der Waals surface area contributed by atoms with E-state index in [1.165, 1.54) is 0 Å². The van der Waals surface area contributed by atoms with Gasteiger partial charge in [-0.15, -0.1) is 0 Å². The van der Waals surface area contributed by atoms with Gasteiger partial charge in [-0.1, -0.05) is 13.8 Å². The van der Waals surface area contributed by atoms with E-state index in [-0.39, 0.29) is 0 Å². The minimum absolute atomic E-state index is 0.459. The Morgan fingerprint density at radius 3 is 2.06 bits per heavy atom. The van der Waals surface area contributed by atoms with Crippen LogP contribution in [-0.4, -0.2) is 35.1 Å². The predicted molar refractivity (Wildman–Crippen MR) is 65.5 cm³/mol. The van der Waals surface area contributed by atoms with Crippen molar-refractivity contribution >= 4 is 5.97 Å². The molecule has 0 amide bonds. The monoisotopic (exact) mass is 227 g/mol. The maximum Gasteiger partial charge on any atom is 0.309 e. The second kappa shape index (κ2) is 5.17. The van der Waals surface area contributed by atoms with Crippen LogP contribution in [0.25, 0.3) is 0 Å². The molecule has 0 saturated carbocycles. The average Bonchev–Trinajstić information content (AvgIpc) is 2.17. The minimum atomic E-state index is -0.593. The number of rotatable bonds is 4. The zero-order valence-corrected chi connectivity index (χ0v) is 11.0. The molecule has 1 aliphatic heterocycles. The van der Waals surface area contributed by atoms with Crippen LogP contribution < -0.4 is 0 Å². The molecule has 1 fully saturated rings. The highest BCUT2D eigenvalue weighted by Crippen LogP contribution is 2.38. The maximum atomic E-state index is 11.5. The highest BCUT2D eigenvalue weighted by atomic mass is 16.4. The van der Waals surface area contributed by atoms with Gasteiger partial charge >= 0.3 is 5.97 Å². The molecule has 0 bridgehead atoms. The van der Waals surface area contributed by atoms with Crippen molar-refractivity contribution in [3.05, 3.63) is 0 Å². The van der Waals surface area contributed by atoms with Crippen molar-refractivity contribution in [1.29, 1.82) is 0 Å². The SMILES string of the molecule is CC(C)CC1(C(=O)O)CCN(C(C)C)CC1. The summed E-state index contributed by atoms with van der Waals surface area (Å²) in [6.45, 7) is 10.4. The number of hydrogen-bond acceptors (Lipinski definition) is 2. The molecule has 1 heterocycles. The normalized spacial score (nSPS) is 21.6. The van der Waals surface area contributed by atoms with Gasteiger partial charge < -0.3 is 10.0 Å². The molecule has 0 aromatic carbocycles. The third-order valence-corrected chi connectivity index (χ3v) is 3.74. The molecule has 3 heteroatoms. The summed E-state index contributed by atoms with van der Waals surface area (Å²) in [5, 5.41) is 9.44. The van der Waals surface area contributed by atoms with Gasteiger partial charge in [-0.25, -0.2) is 0 Å². The Labute approximate surface area is 98.8 Å². The van der Waals surface area contributed by atoms with Crippen LogP contribution in [0.5, 0.6) is 0 Å². The molecule has 3 nitrogen and oxygen atoms in total. The number of carbonyl (C=O) groups is 1. The molecule has 1 saturated heterocycles. The lowest BCUT2D eigenvalue weighted by atomic mass is 9.72. The van der Waals surface area contributed by atoms with Crippen molar-refractivity contribution in [3.63, 3.8) is 0 Å². The molecule has 0 spiro atoms. The Kier molecular flexibility index (Phi) is 4.36. The first-order valence-electron chi connectivity index (χ1n) is 6.35. The first-order valence-corrected chi connectivity index (χ1v) is 6.35. The molecule has 0 unspecified atom stereocenters. The van der Waals surface area contributed by atoms with Gasteiger partial charge in [0.15, 0.2) is 0 Å². The number of carboxylic acid groups (broad SMARTS) is 1. The Hall–Kier alpha value is -0.570. The third kappa shape index (κ3) is 2.97. The zero-order valence-electron chi connectivity index (χ0n) is 11.0. The van der Waals surface area contributed by atoms with Crippen LogP contribution in [0.3, 0.4) is 0 Å². The van der Waals surface area contributed by atoms with E-state index in [2.05, 4.69) is 32.6 Å². The van der Waals surface area contributed by atoms with E-state index in [9.17, 15) is 9.90 Å². The van der Waals surface area contributed by atoms with Crippen molar-refractivity contribution in [3.8, 4) is 0 Å². The number of nitrogens with zero attached hydrogens (tertiary/aromatic N) is 1. The smallest absolute Gasteiger partial charge is 0.309 e. The van der Waals surface area contributed by atoms with Gasteiger partial charge in [0.25, 0.3) is 0 Å². The fourth-order valence-electron chi connectivity index (χ4n) is 2.76. The minimum Gasteiger partial charge on any atom is -0.481 e. The summed E-state index contributed by atoms with van der Waals surface area (Å²) in [5.74, 6) is -0.133. The molecular formula is C13H25NO2. The molecule has 16 heavy (non-hydrogen) atoms. The van der Waals surface area contributed by atoms with Gasteiger partial charge in [0.1, 0.15) is 0 Å². The molecule has 94 valence electrons. The van der Waals surface area contributed by atoms with Gasteiger partial charge in [-0.2, -0.15) is 0 Å². The standard InChI is InChI=1S/C13H25NO2/c1-10(2)9-13(12(15)16)5-7-14(8-6-13)11(3)4/h10-11H,5-9H2,1-4H3,(H,15,16). The van der Waals surface area contributed by atoms with Crippen LogP contribution in [0, 0.1) is 11.3 Å². The summed E-state index contributed by atoms with van der Waals surface area (Å²) >= 11 is 0. The van der Waals surface area contributed by atoms with Crippen LogP contribution in [0.2, 0.25) is 0 Å². The van der Waals surface area contributed by atoms with Gasteiger partial charge in [0, 0.05) is 6.04 Å². The van der Waals surface area contributed by atoms with Gasteiger partial charge in [0.05, 0.1) is 5.41 Å². The first kappa shape index (κ1) is 13.5. The van der Waals surface area contributed by atoms with Gasteiger partial charge in [-0.3, -0.25) is 4.79 Å². The van der Waals surface area contributed by atoms with Crippen LogP contribution in [-0.2, 0) is 4.79 Å². The summed E-state index contributed by atoms with van der Waals surface area (Å²) in [4.78, 5) is 13.8. The molecule has 1 rings (SSSR count). The fraction of sp³-hybridized carbons (Fsp3) is 0.923. The van der Waals surface area contributed by atoms with Crippen molar-refractivity contribution in [2.45, 2.75) is 53.0 Å². The lowest BCUT2D eigenvalue weighted by molar-refractivity contribution is -0.153. The highest BCUT2D eigenvalue weighted by Gasteiger charge is 2.41. The Bertz CT molecular complexity index is 240. The number of piperidine rings is 1.